The molecule has 0 atom stereocenters. The molecule has 0 bridgehead atoms. The summed E-state index contributed by atoms with van der Waals surface area (Å²) in [6.45, 7) is 3.05. The van der Waals surface area contributed by atoms with Crippen molar-refractivity contribution in [2.45, 2.75) is 13.8 Å². The van der Waals surface area contributed by atoms with Gasteiger partial charge in [-0.25, -0.2) is 4.79 Å². The number of rotatable bonds is 5. The molecule has 0 aliphatic heterocycles. The van der Waals surface area contributed by atoms with Crippen LogP contribution in [-0.2, 0) is 14.3 Å². The summed E-state index contributed by atoms with van der Waals surface area (Å²) in [6.07, 6.45) is 1.76. The molecule has 0 heterocycles. The normalized spacial score (nSPS) is 11.9. The third-order valence-corrected chi connectivity index (χ3v) is 1.96. The summed E-state index contributed by atoms with van der Waals surface area (Å²) in [6, 6.07) is 0. The Labute approximate surface area is 87.3 Å². The topological polar surface area (TPSA) is 63.6 Å². The summed E-state index contributed by atoms with van der Waals surface area (Å²) in [5.41, 5.74) is -0.249. The molecule has 0 radical (unpaired) electrons. The lowest BCUT2D eigenvalue weighted by Gasteiger charge is -2.06. The smallest absolute Gasteiger partial charge is 0.345 e. The maximum Gasteiger partial charge on any atom is 0.345 e. The van der Waals surface area contributed by atoms with Crippen molar-refractivity contribution in [3.63, 3.8) is 0 Å². The maximum atomic E-state index is 11.2. The van der Waals surface area contributed by atoms with Crippen LogP contribution < -0.4 is 0 Å². The minimum atomic E-state index is -0.758. The molecule has 0 aliphatic rings. The highest BCUT2D eigenvalue weighted by molar-refractivity contribution is 7.98. The monoisotopic (exact) mass is 218 g/mol. The largest absolute Gasteiger partial charge is 0.510 e. The molecule has 0 amide bonds. The zero-order valence-electron chi connectivity index (χ0n) is 8.49. The first-order valence-electron chi connectivity index (χ1n) is 4.13. The molecule has 0 aromatic heterocycles. The van der Waals surface area contributed by atoms with Crippen LogP contribution in [0.25, 0.3) is 0 Å². The van der Waals surface area contributed by atoms with Gasteiger partial charge in [0.25, 0.3) is 0 Å². The van der Waals surface area contributed by atoms with E-state index < -0.39 is 11.8 Å². The molecular weight excluding hydrogens is 204 g/mol. The van der Waals surface area contributed by atoms with E-state index in [1.54, 1.807) is 13.2 Å². The van der Waals surface area contributed by atoms with Gasteiger partial charge in [-0.2, -0.15) is 11.8 Å². The lowest BCUT2D eigenvalue weighted by Crippen LogP contribution is -2.17. The zero-order valence-corrected chi connectivity index (χ0v) is 9.31. The number of aliphatic hydroxyl groups excluding tert-OH is 1. The van der Waals surface area contributed by atoms with Crippen molar-refractivity contribution in [3.8, 4) is 0 Å². The van der Waals surface area contributed by atoms with Gasteiger partial charge in [-0.1, -0.05) is 0 Å². The highest BCUT2D eigenvalue weighted by Crippen LogP contribution is 2.10. The van der Waals surface area contributed by atoms with Gasteiger partial charge in [0.05, 0.1) is 12.4 Å². The molecule has 0 saturated carbocycles. The number of ether oxygens (including phenoxy) is 1. The van der Waals surface area contributed by atoms with Crippen molar-refractivity contribution in [3.05, 3.63) is 11.3 Å². The predicted octanol–water partition coefficient (Wildman–Crippen LogP) is 1.31. The van der Waals surface area contributed by atoms with E-state index in [0.29, 0.717) is 0 Å². The number of hydrogen-bond acceptors (Lipinski definition) is 5. The van der Waals surface area contributed by atoms with Gasteiger partial charge in [0.2, 0.25) is 0 Å². The lowest BCUT2D eigenvalue weighted by atomic mass is 10.1. The molecular formula is C9H14O4S. The van der Waals surface area contributed by atoms with Crippen molar-refractivity contribution in [1.29, 1.82) is 0 Å². The number of esters is 1. The zero-order chi connectivity index (χ0) is 11.1. The number of ketones is 1. The predicted molar refractivity (Wildman–Crippen MR) is 55.4 cm³/mol. The molecule has 4 nitrogen and oxygen atoms in total. The summed E-state index contributed by atoms with van der Waals surface area (Å²) < 4.78 is 4.65. The van der Waals surface area contributed by atoms with Crippen molar-refractivity contribution < 1.29 is 19.4 Å². The van der Waals surface area contributed by atoms with Crippen LogP contribution in [-0.4, -0.2) is 35.5 Å². The Bertz CT molecular complexity index is 258. The van der Waals surface area contributed by atoms with Crippen LogP contribution in [0, 0.1) is 0 Å². The van der Waals surface area contributed by atoms with Crippen LogP contribution in [0.3, 0.4) is 0 Å². The molecule has 0 aromatic rings. The van der Waals surface area contributed by atoms with E-state index >= 15 is 0 Å². The fourth-order valence-electron chi connectivity index (χ4n) is 0.877. The van der Waals surface area contributed by atoms with Gasteiger partial charge in [0.15, 0.2) is 5.78 Å². The molecule has 0 aromatic carbocycles. The second-order valence-corrected chi connectivity index (χ2v) is 3.40. The first kappa shape index (κ1) is 13.0. The van der Waals surface area contributed by atoms with Crippen LogP contribution in [0.5, 0.6) is 0 Å². The van der Waals surface area contributed by atoms with Gasteiger partial charge in [0, 0.05) is 0 Å². The average molecular weight is 218 g/mol. The fourth-order valence-corrected chi connectivity index (χ4v) is 1.29. The molecule has 1 N–H and O–H groups in total. The minimum absolute atomic E-state index is 0.183. The highest BCUT2D eigenvalue weighted by Gasteiger charge is 2.20. The average Bonchev–Trinajstić information content (AvgIpc) is 2.04. The highest BCUT2D eigenvalue weighted by atomic mass is 32.2. The second-order valence-electron chi connectivity index (χ2n) is 2.53. The number of thioether (sulfide) groups is 1. The van der Waals surface area contributed by atoms with Crippen molar-refractivity contribution >= 4 is 23.5 Å². The Hall–Kier alpha value is -0.970. The quantitative estimate of drug-likeness (QED) is 0.248. The standard InChI is InChI=1S/C9H14O4S/c1-4-13-9(12)8(6(2)10)7(11)5-14-3/h11H,4-5H2,1-3H3/b8-7-. The fraction of sp³-hybridized carbons (Fsp3) is 0.556. The van der Waals surface area contributed by atoms with Crippen LogP contribution >= 0.6 is 11.8 Å². The Morgan fingerprint density at radius 2 is 2.00 bits per heavy atom. The number of Topliss-reactive ketones (excluding diaryl/α,β-unsaturated/α-hetero) is 1. The van der Waals surface area contributed by atoms with Crippen molar-refractivity contribution in [2.24, 2.45) is 0 Å². The Balaban J connectivity index is 4.83. The Morgan fingerprint density at radius 1 is 1.43 bits per heavy atom. The van der Waals surface area contributed by atoms with Gasteiger partial charge < -0.3 is 9.84 Å². The Kier molecular flexibility index (Phi) is 6.03. The molecule has 5 heteroatoms. The molecule has 14 heavy (non-hydrogen) atoms. The van der Waals surface area contributed by atoms with Crippen LogP contribution in [0.4, 0.5) is 0 Å². The third-order valence-electron chi connectivity index (χ3n) is 1.40. The van der Waals surface area contributed by atoms with E-state index in [0.717, 1.165) is 0 Å². The van der Waals surface area contributed by atoms with E-state index in [1.807, 2.05) is 0 Å². The molecule has 80 valence electrons. The first-order valence-corrected chi connectivity index (χ1v) is 5.53. The molecule has 0 aliphatic carbocycles. The number of hydrogen-bond donors (Lipinski definition) is 1. The molecule has 0 fully saturated rings. The summed E-state index contributed by atoms with van der Waals surface area (Å²) in [5.74, 6) is -1.22. The number of carbonyl (C=O) groups excluding carboxylic acids is 2. The van der Waals surface area contributed by atoms with Gasteiger partial charge in [-0.3, -0.25) is 4.79 Å². The van der Waals surface area contributed by atoms with Gasteiger partial charge in [-0.05, 0) is 20.1 Å². The summed E-state index contributed by atoms with van der Waals surface area (Å²) in [7, 11) is 0. The lowest BCUT2D eigenvalue weighted by molar-refractivity contribution is -0.140. The van der Waals surface area contributed by atoms with Gasteiger partial charge >= 0.3 is 5.97 Å². The van der Waals surface area contributed by atoms with Crippen LogP contribution in [0.1, 0.15) is 13.8 Å². The molecule has 0 rings (SSSR count). The minimum Gasteiger partial charge on any atom is -0.510 e. The maximum absolute atomic E-state index is 11.2. The van der Waals surface area contributed by atoms with Crippen LogP contribution in [0.15, 0.2) is 11.3 Å². The molecule has 0 saturated heterocycles. The van der Waals surface area contributed by atoms with Crippen molar-refractivity contribution in [1.82, 2.24) is 0 Å². The van der Waals surface area contributed by atoms with Crippen LogP contribution in [0.2, 0.25) is 0 Å². The van der Waals surface area contributed by atoms with Gasteiger partial charge in [-0.15, -0.1) is 0 Å². The SMILES string of the molecule is CCOC(=O)/C(C(C)=O)=C(\O)CSC. The van der Waals surface area contributed by atoms with E-state index in [-0.39, 0.29) is 23.7 Å². The third kappa shape index (κ3) is 3.83. The van der Waals surface area contributed by atoms with E-state index in [1.165, 1.54) is 18.7 Å². The number of aliphatic hydroxyl groups is 1. The second kappa shape index (κ2) is 6.48. The molecule has 0 spiro atoms. The van der Waals surface area contributed by atoms with E-state index in [4.69, 9.17) is 0 Å². The Morgan fingerprint density at radius 3 is 2.36 bits per heavy atom. The van der Waals surface area contributed by atoms with E-state index in [9.17, 15) is 14.7 Å². The first-order chi connectivity index (χ1) is 6.54. The van der Waals surface area contributed by atoms with E-state index in [2.05, 4.69) is 4.74 Å². The summed E-state index contributed by atoms with van der Waals surface area (Å²) in [4.78, 5) is 22.3. The van der Waals surface area contributed by atoms with Gasteiger partial charge in [0.1, 0.15) is 11.3 Å². The van der Waals surface area contributed by atoms with Crippen molar-refractivity contribution in [2.75, 3.05) is 18.6 Å². The molecule has 0 unspecified atom stereocenters. The summed E-state index contributed by atoms with van der Waals surface area (Å²) >= 11 is 1.32. The number of carbonyl (C=O) groups is 2. The summed E-state index contributed by atoms with van der Waals surface area (Å²) in [5, 5.41) is 9.41.